The first-order valence-electron chi connectivity index (χ1n) is 11.6. The monoisotopic (exact) mass is 690 g/mol. The van der Waals surface area contributed by atoms with Crippen molar-refractivity contribution in [1.29, 1.82) is 0 Å². The third-order valence-corrected chi connectivity index (χ3v) is 8.69. The van der Waals surface area contributed by atoms with Crippen molar-refractivity contribution in [3.63, 3.8) is 0 Å². The molecule has 2 unspecified atom stereocenters. The summed E-state index contributed by atoms with van der Waals surface area (Å²) in [5.41, 5.74) is 7.91. The number of anilines is 2. The second kappa shape index (κ2) is 14.1. The number of piperidine rings is 1. The lowest BCUT2D eigenvalue weighted by Crippen LogP contribution is -2.39. The molecular formula is C25H26F3IN6O2S2. The first-order valence-corrected chi connectivity index (χ1v) is 15.4. The maximum absolute atomic E-state index is 13.7. The van der Waals surface area contributed by atoms with Crippen molar-refractivity contribution in [3.05, 3.63) is 77.7 Å². The smallest absolute Gasteiger partial charge is 0.364 e. The van der Waals surface area contributed by atoms with Gasteiger partial charge in [0.2, 0.25) is 0 Å². The van der Waals surface area contributed by atoms with Crippen LogP contribution < -0.4 is 16.0 Å². The zero-order chi connectivity index (χ0) is 28.6. The summed E-state index contributed by atoms with van der Waals surface area (Å²) in [5, 5.41) is 3.41. The summed E-state index contributed by atoms with van der Waals surface area (Å²) < 4.78 is 43.0. The van der Waals surface area contributed by atoms with Gasteiger partial charge in [-0.15, -0.1) is 0 Å². The van der Waals surface area contributed by atoms with Crippen molar-refractivity contribution >= 4 is 71.9 Å². The van der Waals surface area contributed by atoms with Crippen LogP contribution in [0.1, 0.15) is 40.5 Å². The van der Waals surface area contributed by atoms with Crippen LogP contribution in [0.5, 0.6) is 0 Å². The van der Waals surface area contributed by atoms with E-state index in [0.717, 1.165) is 16.8 Å². The molecule has 0 radical (unpaired) electrons. The number of H-pyrrole nitrogens is 1. The van der Waals surface area contributed by atoms with Crippen molar-refractivity contribution in [2.75, 3.05) is 16.8 Å². The summed E-state index contributed by atoms with van der Waals surface area (Å²) in [6, 6.07) is 16.2. The highest BCUT2D eigenvalue weighted by Crippen LogP contribution is 2.46. The fourth-order valence-corrected chi connectivity index (χ4v) is 6.56. The minimum atomic E-state index is -4.26. The van der Waals surface area contributed by atoms with Gasteiger partial charge in [-0.1, -0.05) is 42.5 Å². The Morgan fingerprint density at radius 1 is 1.23 bits per heavy atom. The number of benzene rings is 2. The van der Waals surface area contributed by atoms with Crippen molar-refractivity contribution < 1.29 is 22.8 Å². The first kappa shape index (κ1) is 30.8. The maximum Gasteiger partial charge on any atom is 0.391 e. The SMILES string of the molecule is C=O.NC(=O)c1[nH]cnc1N(Cc1ccccc1C1CC(C(F)(F)F)CCN1SI)C(=S)Nc1ccccc1. The number of para-hydroxylation sites is 1. The summed E-state index contributed by atoms with van der Waals surface area (Å²) in [5.74, 6) is -1.86. The lowest BCUT2D eigenvalue weighted by atomic mass is 9.86. The number of imidazole rings is 1. The average molecular weight is 691 g/mol. The number of aromatic amines is 1. The van der Waals surface area contributed by atoms with E-state index in [1.165, 1.54) is 15.4 Å². The van der Waals surface area contributed by atoms with E-state index < -0.39 is 24.0 Å². The molecule has 1 aromatic heterocycles. The summed E-state index contributed by atoms with van der Waals surface area (Å²) >= 11 is 7.82. The van der Waals surface area contributed by atoms with E-state index in [1.807, 2.05) is 65.7 Å². The number of amides is 1. The van der Waals surface area contributed by atoms with Gasteiger partial charge in [-0.25, -0.2) is 9.29 Å². The standard InChI is InChI=1S/C24H24F3IN6OS2.CH2O/c25-24(26,27)16-10-11-34(37-28)19(12-16)18-9-5-4-6-15(18)13-33(22-20(21(29)35)30-14-31-22)23(36)32-17-7-2-1-3-8-17;1-2/h1-9,14,16,19H,10-13H2,(H2,29,35)(H,30,31)(H,32,36);1H2. The largest absolute Gasteiger partial charge is 0.391 e. The molecule has 2 heterocycles. The molecule has 1 fully saturated rings. The molecule has 4 N–H and O–H groups in total. The number of hydrogen-bond acceptors (Lipinski definition) is 6. The Kier molecular flexibility index (Phi) is 11.1. The number of carbonyl (C=O) groups excluding carboxylic acids is 2. The second-order valence-electron chi connectivity index (χ2n) is 8.53. The van der Waals surface area contributed by atoms with Crippen LogP contribution in [0.2, 0.25) is 0 Å². The van der Waals surface area contributed by atoms with Gasteiger partial charge in [0, 0.05) is 39.5 Å². The van der Waals surface area contributed by atoms with Gasteiger partial charge in [-0.05, 0) is 57.4 Å². The van der Waals surface area contributed by atoms with Crippen LogP contribution in [0.4, 0.5) is 24.7 Å². The van der Waals surface area contributed by atoms with E-state index >= 15 is 0 Å². The predicted molar refractivity (Wildman–Crippen MR) is 159 cm³/mol. The lowest BCUT2D eigenvalue weighted by Gasteiger charge is -2.39. The molecule has 2 aromatic carbocycles. The Hall–Kier alpha value is -2.69. The van der Waals surface area contributed by atoms with E-state index in [1.54, 1.807) is 4.90 Å². The summed E-state index contributed by atoms with van der Waals surface area (Å²) in [4.78, 5) is 28.8. The van der Waals surface area contributed by atoms with Gasteiger partial charge in [0.05, 0.1) is 18.8 Å². The van der Waals surface area contributed by atoms with Gasteiger partial charge in [0.15, 0.2) is 10.9 Å². The van der Waals surface area contributed by atoms with Gasteiger partial charge < -0.3 is 20.8 Å². The van der Waals surface area contributed by atoms with Crippen molar-refractivity contribution in [1.82, 2.24) is 14.3 Å². The van der Waals surface area contributed by atoms with Crippen LogP contribution >= 0.6 is 42.5 Å². The maximum atomic E-state index is 13.7. The average Bonchev–Trinajstić information content (AvgIpc) is 3.43. The quantitative estimate of drug-likeness (QED) is 0.157. The summed E-state index contributed by atoms with van der Waals surface area (Å²) in [6.45, 7) is 2.48. The zero-order valence-electron chi connectivity index (χ0n) is 20.5. The highest BCUT2D eigenvalue weighted by molar-refractivity contribution is 14.2. The predicted octanol–water partition coefficient (Wildman–Crippen LogP) is 6.04. The van der Waals surface area contributed by atoms with Crippen molar-refractivity contribution in [2.45, 2.75) is 31.6 Å². The molecule has 0 spiro atoms. The molecule has 39 heavy (non-hydrogen) atoms. The number of aromatic nitrogens is 2. The molecule has 1 saturated heterocycles. The molecule has 1 amide bonds. The molecule has 14 heteroatoms. The Morgan fingerprint density at radius 3 is 2.54 bits per heavy atom. The number of nitrogens with one attached hydrogen (secondary N) is 2. The molecule has 208 valence electrons. The molecule has 1 aliphatic rings. The van der Waals surface area contributed by atoms with Crippen LogP contribution in [0.15, 0.2) is 60.9 Å². The van der Waals surface area contributed by atoms with Gasteiger partial charge in [0.1, 0.15) is 12.5 Å². The molecular weight excluding hydrogens is 664 g/mol. The molecule has 3 aromatic rings. The molecule has 0 aliphatic carbocycles. The number of halogens is 4. The first-order chi connectivity index (χ1) is 18.7. The third-order valence-electron chi connectivity index (χ3n) is 6.24. The Labute approximate surface area is 245 Å². The summed E-state index contributed by atoms with van der Waals surface area (Å²) in [6.07, 6.45) is -2.89. The van der Waals surface area contributed by atoms with E-state index in [4.69, 9.17) is 22.7 Å². The topological polar surface area (TPSA) is 107 Å². The summed E-state index contributed by atoms with van der Waals surface area (Å²) in [7, 11) is 1.41. The number of carbonyl (C=O) groups is 2. The lowest BCUT2D eigenvalue weighted by molar-refractivity contribution is -0.186. The molecule has 1 aliphatic heterocycles. The van der Waals surface area contributed by atoms with Gasteiger partial charge in [-0.3, -0.25) is 9.69 Å². The number of alkyl halides is 3. The Morgan fingerprint density at radius 2 is 1.90 bits per heavy atom. The number of thiocarbonyl (C=S) groups is 1. The third kappa shape index (κ3) is 7.70. The molecule has 4 rings (SSSR count). The zero-order valence-corrected chi connectivity index (χ0v) is 24.3. The fraction of sp³-hybridized carbons (Fsp3) is 0.280. The van der Waals surface area contributed by atoms with E-state index in [0.29, 0.717) is 6.54 Å². The fourth-order valence-electron chi connectivity index (χ4n) is 4.41. The minimum absolute atomic E-state index is 0.0435. The molecule has 0 bridgehead atoms. The van der Waals surface area contributed by atoms with E-state index in [2.05, 4.69) is 36.5 Å². The second-order valence-corrected chi connectivity index (χ2v) is 10.7. The number of rotatable bonds is 7. The van der Waals surface area contributed by atoms with Gasteiger partial charge in [0.25, 0.3) is 5.91 Å². The normalized spacial score (nSPS) is 17.5. The number of nitrogens with two attached hydrogens (primary N) is 1. The molecule has 2 atom stereocenters. The molecule has 0 saturated carbocycles. The number of primary amides is 1. The van der Waals surface area contributed by atoms with Crippen molar-refractivity contribution in [2.24, 2.45) is 11.7 Å². The number of hydrogen-bond donors (Lipinski definition) is 3. The highest BCUT2D eigenvalue weighted by atomic mass is 127. The van der Waals surface area contributed by atoms with Crippen LogP contribution in [0.25, 0.3) is 0 Å². The van der Waals surface area contributed by atoms with Crippen LogP contribution in [-0.2, 0) is 11.3 Å². The van der Waals surface area contributed by atoms with Gasteiger partial charge in [-0.2, -0.15) is 13.2 Å². The van der Waals surface area contributed by atoms with Crippen molar-refractivity contribution in [3.8, 4) is 0 Å². The van der Waals surface area contributed by atoms with E-state index in [-0.39, 0.29) is 36.0 Å². The number of nitrogens with zero attached hydrogens (tertiary/aromatic N) is 3. The Balaban J connectivity index is 0.00000205. The van der Waals surface area contributed by atoms with Crippen LogP contribution in [-0.4, -0.2) is 44.8 Å². The minimum Gasteiger partial charge on any atom is -0.364 e. The molecule has 8 nitrogen and oxygen atoms in total. The van der Waals surface area contributed by atoms with Crippen LogP contribution in [0, 0.1) is 5.92 Å². The highest BCUT2D eigenvalue weighted by Gasteiger charge is 2.45. The van der Waals surface area contributed by atoms with Crippen LogP contribution in [0.3, 0.4) is 0 Å². The van der Waals surface area contributed by atoms with E-state index in [9.17, 15) is 18.0 Å². The Bertz CT molecular complexity index is 1260. The van der Waals surface area contributed by atoms with Gasteiger partial charge >= 0.3 is 6.18 Å².